The Hall–Kier alpha value is -0.430. The molecule has 0 bridgehead atoms. The van der Waals surface area contributed by atoms with Crippen LogP contribution in [0.4, 0.5) is 0 Å². The van der Waals surface area contributed by atoms with Crippen LogP contribution in [0.3, 0.4) is 0 Å². The van der Waals surface area contributed by atoms with E-state index in [1.54, 1.807) is 19.1 Å². The van der Waals surface area contributed by atoms with Crippen molar-refractivity contribution in [3.05, 3.63) is 28.2 Å². The minimum Gasteiger partial charge on any atom is -0.392 e. The number of rotatable bonds is 4. The maximum atomic E-state index is 11.9. The van der Waals surface area contributed by atoms with E-state index in [0.29, 0.717) is 5.56 Å². The molecule has 6 heteroatoms. The normalized spacial score (nSPS) is 13.8. The van der Waals surface area contributed by atoms with Crippen molar-refractivity contribution in [1.29, 1.82) is 0 Å². The SMILES string of the molecule is Cc1c(Br)cccc1S(=O)(=O)NCC(C)O. The predicted octanol–water partition coefficient (Wildman–Crippen LogP) is 1.42. The molecule has 0 fully saturated rings. The van der Waals surface area contributed by atoms with Gasteiger partial charge in [0.1, 0.15) is 0 Å². The van der Waals surface area contributed by atoms with Gasteiger partial charge in [-0.25, -0.2) is 13.1 Å². The van der Waals surface area contributed by atoms with Gasteiger partial charge in [0.25, 0.3) is 0 Å². The first kappa shape index (κ1) is 13.6. The van der Waals surface area contributed by atoms with Gasteiger partial charge in [0.15, 0.2) is 0 Å². The number of halogens is 1. The third-order valence-electron chi connectivity index (χ3n) is 2.08. The van der Waals surface area contributed by atoms with Crippen LogP contribution in [-0.4, -0.2) is 26.2 Å². The highest BCUT2D eigenvalue weighted by Crippen LogP contribution is 2.22. The molecule has 0 saturated heterocycles. The lowest BCUT2D eigenvalue weighted by Gasteiger charge is -2.11. The summed E-state index contributed by atoms with van der Waals surface area (Å²) in [6.45, 7) is 3.26. The number of aliphatic hydroxyl groups is 1. The van der Waals surface area contributed by atoms with Crippen LogP contribution < -0.4 is 4.72 Å². The summed E-state index contributed by atoms with van der Waals surface area (Å²) in [5.74, 6) is 0. The molecule has 0 aromatic heterocycles. The summed E-state index contributed by atoms with van der Waals surface area (Å²) in [7, 11) is -3.55. The Morgan fingerprint density at radius 2 is 2.12 bits per heavy atom. The summed E-state index contributed by atoms with van der Waals surface area (Å²) in [5, 5.41) is 9.05. The van der Waals surface area contributed by atoms with Crippen molar-refractivity contribution >= 4 is 26.0 Å². The van der Waals surface area contributed by atoms with E-state index in [1.165, 1.54) is 13.0 Å². The van der Waals surface area contributed by atoms with Gasteiger partial charge in [-0.2, -0.15) is 0 Å². The minimum atomic E-state index is -3.55. The van der Waals surface area contributed by atoms with Crippen LogP contribution in [0.5, 0.6) is 0 Å². The molecule has 1 aromatic carbocycles. The van der Waals surface area contributed by atoms with Gasteiger partial charge in [-0.15, -0.1) is 0 Å². The lowest BCUT2D eigenvalue weighted by molar-refractivity contribution is 0.198. The molecule has 0 heterocycles. The maximum Gasteiger partial charge on any atom is 0.240 e. The first-order chi connectivity index (χ1) is 7.34. The zero-order valence-electron chi connectivity index (χ0n) is 9.07. The summed E-state index contributed by atoms with van der Waals surface area (Å²) in [6.07, 6.45) is -0.706. The zero-order chi connectivity index (χ0) is 12.3. The van der Waals surface area contributed by atoms with Gasteiger partial charge < -0.3 is 5.11 Å². The Labute approximate surface area is 104 Å². The Morgan fingerprint density at radius 1 is 1.50 bits per heavy atom. The quantitative estimate of drug-likeness (QED) is 0.884. The highest BCUT2D eigenvalue weighted by Gasteiger charge is 2.17. The van der Waals surface area contributed by atoms with E-state index in [4.69, 9.17) is 5.11 Å². The molecule has 1 aromatic rings. The maximum absolute atomic E-state index is 11.9. The lowest BCUT2D eigenvalue weighted by atomic mass is 10.2. The van der Waals surface area contributed by atoms with E-state index in [1.807, 2.05) is 0 Å². The molecule has 0 amide bonds. The van der Waals surface area contributed by atoms with Gasteiger partial charge in [0.05, 0.1) is 11.0 Å². The van der Waals surface area contributed by atoms with Crippen molar-refractivity contribution in [2.75, 3.05) is 6.54 Å². The summed E-state index contributed by atoms with van der Waals surface area (Å²) >= 11 is 3.28. The second-order valence-corrected chi connectivity index (χ2v) is 6.15. The molecule has 1 unspecified atom stereocenters. The molecule has 16 heavy (non-hydrogen) atoms. The molecule has 1 rings (SSSR count). The van der Waals surface area contributed by atoms with Crippen molar-refractivity contribution in [1.82, 2.24) is 4.72 Å². The average molecular weight is 308 g/mol. The van der Waals surface area contributed by atoms with Gasteiger partial charge in [0, 0.05) is 11.0 Å². The molecule has 0 aliphatic rings. The fourth-order valence-corrected chi connectivity index (χ4v) is 3.07. The molecule has 0 aliphatic carbocycles. The monoisotopic (exact) mass is 307 g/mol. The molecular formula is C10H14BrNO3S. The van der Waals surface area contributed by atoms with Crippen LogP contribution in [0.1, 0.15) is 12.5 Å². The second-order valence-electron chi connectivity index (χ2n) is 3.56. The van der Waals surface area contributed by atoms with E-state index in [-0.39, 0.29) is 11.4 Å². The molecule has 0 spiro atoms. The topological polar surface area (TPSA) is 66.4 Å². The number of benzene rings is 1. The molecule has 4 nitrogen and oxygen atoms in total. The highest BCUT2D eigenvalue weighted by molar-refractivity contribution is 9.10. The van der Waals surface area contributed by atoms with Crippen LogP contribution in [-0.2, 0) is 10.0 Å². The van der Waals surface area contributed by atoms with Crippen molar-refractivity contribution in [3.8, 4) is 0 Å². The van der Waals surface area contributed by atoms with E-state index >= 15 is 0 Å². The molecule has 0 radical (unpaired) electrons. The number of sulfonamides is 1. The van der Waals surface area contributed by atoms with Gasteiger partial charge in [0.2, 0.25) is 10.0 Å². The van der Waals surface area contributed by atoms with Crippen molar-refractivity contribution in [2.24, 2.45) is 0 Å². The average Bonchev–Trinajstić information content (AvgIpc) is 2.19. The van der Waals surface area contributed by atoms with Gasteiger partial charge >= 0.3 is 0 Å². The van der Waals surface area contributed by atoms with E-state index in [9.17, 15) is 8.42 Å². The van der Waals surface area contributed by atoms with Crippen LogP contribution in [0.15, 0.2) is 27.6 Å². The number of hydrogen-bond acceptors (Lipinski definition) is 3. The van der Waals surface area contributed by atoms with Crippen LogP contribution in [0.25, 0.3) is 0 Å². The smallest absolute Gasteiger partial charge is 0.240 e. The van der Waals surface area contributed by atoms with E-state index in [0.717, 1.165) is 4.47 Å². The molecular weight excluding hydrogens is 294 g/mol. The van der Waals surface area contributed by atoms with E-state index < -0.39 is 16.1 Å². The largest absolute Gasteiger partial charge is 0.392 e. The zero-order valence-corrected chi connectivity index (χ0v) is 11.5. The standard InChI is InChI=1S/C10H14BrNO3S/c1-7(13)6-12-16(14,15)10-5-3-4-9(11)8(10)2/h3-5,7,12-13H,6H2,1-2H3. The summed E-state index contributed by atoms with van der Waals surface area (Å²) in [6, 6.07) is 4.97. The van der Waals surface area contributed by atoms with Crippen LogP contribution in [0, 0.1) is 6.92 Å². The first-order valence-corrected chi connectivity index (χ1v) is 7.05. The van der Waals surface area contributed by atoms with Crippen LogP contribution >= 0.6 is 15.9 Å². The number of nitrogens with one attached hydrogen (secondary N) is 1. The van der Waals surface area contributed by atoms with Crippen LogP contribution in [0.2, 0.25) is 0 Å². The minimum absolute atomic E-state index is 0.00822. The second kappa shape index (κ2) is 5.27. The number of hydrogen-bond donors (Lipinski definition) is 2. The fraction of sp³-hybridized carbons (Fsp3) is 0.400. The fourth-order valence-electron chi connectivity index (χ4n) is 1.19. The van der Waals surface area contributed by atoms with Gasteiger partial charge in [-0.1, -0.05) is 22.0 Å². The Bertz CT molecular complexity index is 471. The van der Waals surface area contributed by atoms with Gasteiger partial charge in [-0.3, -0.25) is 0 Å². The van der Waals surface area contributed by atoms with E-state index in [2.05, 4.69) is 20.7 Å². The van der Waals surface area contributed by atoms with Crippen molar-refractivity contribution in [3.63, 3.8) is 0 Å². The third-order valence-corrected chi connectivity index (χ3v) is 4.50. The van der Waals surface area contributed by atoms with Crippen molar-refractivity contribution < 1.29 is 13.5 Å². The van der Waals surface area contributed by atoms with Crippen molar-refractivity contribution in [2.45, 2.75) is 24.8 Å². The summed E-state index contributed by atoms with van der Waals surface area (Å²) < 4.78 is 26.8. The summed E-state index contributed by atoms with van der Waals surface area (Å²) in [5.41, 5.74) is 0.653. The molecule has 90 valence electrons. The highest BCUT2D eigenvalue weighted by atomic mass is 79.9. The summed E-state index contributed by atoms with van der Waals surface area (Å²) in [4.78, 5) is 0.225. The van der Waals surface area contributed by atoms with Gasteiger partial charge in [-0.05, 0) is 31.5 Å². The first-order valence-electron chi connectivity index (χ1n) is 4.77. The Kier molecular flexibility index (Phi) is 4.49. The Balaban J connectivity index is 3.03. The predicted molar refractivity (Wildman–Crippen MR) is 65.7 cm³/mol. The molecule has 1 atom stereocenters. The molecule has 2 N–H and O–H groups in total. The third kappa shape index (κ3) is 3.28. The lowest BCUT2D eigenvalue weighted by Crippen LogP contribution is -2.31. The number of aliphatic hydroxyl groups excluding tert-OH is 1. The molecule has 0 aliphatic heterocycles. The Morgan fingerprint density at radius 3 is 2.69 bits per heavy atom. The molecule has 0 saturated carbocycles.